The van der Waals surface area contributed by atoms with Crippen LogP contribution in [0.3, 0.4) is 0 Å². The molecule has 0 saturated carbocycles. The minimum absolute atomic E-state index is 0.275. The fourth-order valence-electron chi connectivity index (χ4n) is 3.81. The number of methoxy groups -OCH3 is 1. The van der Waals surface area contributed by atoms with Crippen LogP contribution in [0.2, 0.25) is 0 Å². The molecule has 5 aromatic carbocycles. The van der Waals surface area contributed by atoms with E-state index in [-0.39, 0.29) is 5.56 Å². The second-order valence-electron chi connectivity index (χ2n) is 6.69. The minimum Gasteiger partial charge on any atom is -0.497 e. The lowest BCUT2D eigenvalue weighted by Gasteiger charge is -2.14. The van der Waals surface area contributed by atoms with E-state index in [1.807, 2.05) is 0 Å². The van der Waals surface area contributed by atoms with Gasteiger partial charge in [-0.25, -0.2) is 4.79 Å². The van der Waals surface area contributed by atoms with E-state index in [1.165, 1.54) is 38.7 Å². The van der Waals surface area contributed by atoms with E-state index >= 15 is 0 Å². The van der Waals surface area contributed by atoms with Gasteiger partial charge >= 0.3 is 5.97 Å². The van der Waals surface area contributed by atoms with Crippen molar-refractivity contribution in [3.05, 3.63) is 78.4 Å². The van der Waals surface area contributed by atoms with Crippen molar-refractivity contribution >= 4 is 50.0 Å². The predicted octanol–water partition coefficient (Wildman–Crippen LogP) is 6.44. The lowest BCUT2D eigenvalue weighted by molar-refractivity contribution is 0.0693. The molecule has 3 nitrogen and oxygen atoms in total. The van der Waals surface area contributed by atoms with Crippen LogP contribution < -0.4 is 4.74 Å². The van der Waals surface area contributed by atoms with Crippen LogP contribution in [0.25, 0.3) is 32.3 Å². The summed E-state index contributed by atoms with van der Waals surface area (Å²) in [5.74, 6) is -0.298. The summed E-state index contributed by atoms with van der Waals surface area (Å²) in [5.41, 5.74) is 0.275. The van der Waals surface area contributed by atoms with Crippen LogP contribution in [0.4, 0.5) is 0 Å². The predicted molar refractivity (Wildman–Crippen MR) is 114 cm³/mol. The molecule has 0 aliphatic rings. The molecule has 0 atom stereocenters. The summed E-state index contributed by atoms with van der Waals surface area (Å²) in [5, 5.41) is 16.8. The van der Waals surface area contributed by atoms with E-state index in [2.05, 4.69) is 54.6 Å². The van der Waals surface area contributed by atoms with Gasteiger partial charge in [0.25, 0.3) is 0 Å². The molecule has 1 N–H and O–H groups in total. The van der Waals surface area contributed by atoms with E-state index in [0.29, 0.717) is 10.6 Å². The van der Waals surface area contributed by atoms with Gasteiger partial charge in [-0.1, -0.05) is 60.3 Å². The third-order valence-electron chi connectivity index (χ3n) is 5.13. The summed E-state index contributed by atoms with van der Waals surface area (Å²) in [6, 6.07) is 24.1. The lowest BCUT2D eigenvalue weighted by atomic mass is 9.94. The maximum Gasteiger partial charge on any atom is 0.336 e. The minimum atomic E-state index is -0.942. The van der Waals surface area contributed by atoms with Crippen molar-refractivity contribution in [3.63, 3.8) is 0 Å². The number of aromatic carboxylic acids is 1. The average molecular weight is 384 g/mol. The number of hydrogen-bond acceptors (Lipinski definition) is 3. The van der Waals surface area contributed by atoms with Crippen molar-refractivity contribution in [3.8, 4) is 5.75 Å². The van der Waals surface area contributed by atoms with Gasteiger partial charge in [0, 0.05) is 9.79 Å². The normalized spacial score (nSPS) is 11.5. The van der Waals surface area contributed by atoms with E-state index in [4.69, 9.17) is 4.74 Å². The highest BCUT2D eigenvalue weighted by Crippen LogP contribution is 2.42. The molecule has 0 spiro atoms. The van der Waals surface area contributed by atoms with Gasteiger partial charge in [-0.2, -0.15) is 0 Å². The fraction of sp³-hybridized carbons (Fsp3) is 0.0417. The Hall–Kier alpha value is -3.24. The Morgan fingerprint density at radius 3 is 2.21 bits per heavy atom. The van der Waals surface area contributed by atoms with Gasteiger partial charge in [0.1, 0.15) is 5.75 Å². The van der Waals surface area contributed by atoms with Crippen LogP contribution in [0, 0.1) is 0 Å². The van der Waals surface area contributed by atoms with Gasteiger partial charge in [-0.05, 0) is 56.6 Å². The summed E-state index contributed by atoms with van der Waals surface area (Å²) in [4.78, 5) is 13.4. The highest BCUT2D eigenvalue weighted by Gasteiger charge is 2.16. The molecule has 0 amide bonds. The van der Waals surface area contributed by atoms with E-state index < -0.39 is 5.97 Å². The molecule has 0 aliphatic carbocycles. The molecule has 5 rings (SSSR count). The molecule has 0 aliphatic heterocycles. The van der Waals surface area contributed by atoms with Gasteiger partial charge in [-0.15, -0.1) is 0 Å². The van der Waals surface area contributed by atoms with Crippen LogP contribution in [-0.4, -0.2) is 18.2 Å². The first-order valence-corrected chi connectivity index (χ1v) is 9.73. The molecule has 0 unspecified atom stereocenters. The highest BCUT2D eigenvalue weighted by molar-refractivity contribution is 7.99. The van der Waals surface area contributed by atoms with Gasteiger partial charge < -0.3 is 9.84 Å². The quantitative estimate of drug-likeness (QED) is 0.362. The second kappa shape index (κ2) is 6.43. The number of carbonyl (C=O) groups is 1. The van der Waals surface area contributed by atoms with Crippen molar-refractivity contribution in [1.29, 1.82) is 0 Å². The first-order chi connectivity index (χ1) is 13.7. The van der Waals surface area contributed by atoms with Crippen molar-refractivity contribution in [2.75, 3.05) is 7.11 Å². The van der Waals surface area contributed by atoms with E-state index in [9.17, 15) is 9.90 Å². The third-order valence-corrected chi connectivity index (χ3v) is 6.26. The largest absolute Gasteiger partial charge is 0.497 e. The van der Waals surface area contributed by atoms with Gasteiger partial charge in [0.05, 0.1) is 12.7 Å². The van der Waals surface area contributed by atoms with Crippen molar-refractivity contribution in [1.82, 2.24) is 0 Å². The zero-order chi connectivity index (χ0) is 19.3. The third kappa shape index (κ3) is 2.57. The Morgan fingerprint density at radius 2 is 1.50 bits per heavy atom. The fourth-order valence-corrected chi connectivity index (χ4v) is 4.90. The second-order valence-corrected chi connectivity index (χ2v) is 7.77. The maximum absolute atomic E-state index is 11.7. The van der Waals surface area contributed by atoms with Gasteiger partial charge in [0.15, 0.2) is 0 Å². The van der Waals surface area contributed by atoms with Crippen LogP contribution in [0.5, 0.6) is 5.75 Å². The zero-order valence-corrected chi connectivity index (χ0v) is 15.9. The first kappa shape index (κ1) is 16.9. The van der Waals surface area contributed by atoms with Gasteiger partial charge in [-0.3, -0.25) is 0 Å². The molecule has 4 heteroatoms. The summed E-state index contributed by atoms with van der Waals surface area (Å²) in [6.45, 7) is 0. The monoisotopic (exact) mass is 384 g/mol. The van der Waals surface area contributed by atoms with Crippen molar-refractivity contribution in [2.24, 2.45) is 0 Å². The molecule has 0 bridgehead atoms. The van der Waals surface area contributed by atoms with Crippen LogP contribution in [0.1, 0.15) is 10.4 Å². The van der Waals surface area contributed by atoms with E-state index in [0.717, 1.165) is 10.3 Å². The summed E-state index contributed by atoms with van der Waals surface area (Å²) >= 11 is 1.46. The molecule has 28 heavy (non-hydrogen) atoms. The SMILES string of the molecule is COc1ccc(C(=O)O)c(Sc2ccc3ccc4cccc5ccc2c3c45)c1. The van der Waals surface area contributed by atoms with Crippen molar-refractivity contribution in [2.45, 2.75) is 9.79 Å². The Balaban J connectivity index is 1.75. The molecular formula is C24H16O3S. The molecule has 136 valence electrons. The molecule has 0 aromatic heterocycles. The number of carboxylic acid groups (broad SMARTS) is 1. The highest BCUT2D eigenvalue weighted by atomic mass is 32.2. The number of carboxylic acids is 1. The summed E-state index contributed by atoms with van der Waals surface area (Å²) in [7, 11) is 1.58. The molecule has 5 aromatic rings. The van der Waals surface area contributed by atoms with Crippen LogP contribution in [0.15, 0.2) is 82.6 Å². The molecule has 0 fully saturated rings. The van der Waals surface area contributed by atoms with Crippen LogP contribution in [-0.2, 0) is 0 Å². The zero-order valence-electron chi connectivity index (χ0n) is 15.1. The molecule has 0 heterocycles. The Kier molecular flexibility index (Phi) is 3.88. The topological polar surface area (TPSA) is 46.5 Å². The molecular weight excluding hydrogens is 368 g/mol. The first-order valence-electron chi connectivity index (χ1n) is 8.91. The number of ether oxygens (including phenoxy) is 1. The molecule has 0 radical (unpaired) electrons. The smallest absolute Gasteiger partial charge is 0.336 e. The summed E-state index contributed by atoms with van der Waals surface area (Å²) < 4.78 is 5.30. The van der Waals surface area contributed by atoms with E-state index in [1.54, 1.807) is 25.3 Å². The standard InChI is InChI=1S/C24H16O3S/c1-27-17-9-11-19(24(25)26)21(13-17)28-20-12-8-16-6-5-14-3-2-4-15-7-10-18(20)23(16)22(14)15/h2-13H,1H3,(H,25,26). The number of benzene rings is 5. The molecule has 0 saturated heterocycles. The average Bonchev–Trinajstić information content (AvgIpc) is 2.72. The number of hydrogen-bond donors (Lipinski definition) is 1. The number of rotatable bonds is 4. The Morgan fingerprint density at radius 1 is 0.821 bits per heavy atom. The maximum atomic E-state index is 11.7. The van der Waals surface area contributed by atoms with Crippen molar-refractivity contribution < 1.29 is 14.6 Å². The Bertz CT molecular complexity index is 1340. The Labute approximate surface area is 165 Å². The summed E-state index contributed by atoms with van der Waals surface area (Å²) in [6.07, 6.45) is 0. The lowest BCUT2D eigenvalue weighted by Crippen LogP contribution is -1.99. The van der Waals surface area contributed by atoms with Crippen LogP contribution >= 0.6 is 11.8 Å². The van der Waals surface area contributed by atoms with Gasteiger partial charge in [0.2, 0.25) is 0 Å².